The highest BCUT2D eigenvalue weighted by molar-refractivity contribution is 5.74. The number of hydrogen-bond donors (Lipinski definition) is 1. The van der Waals surface area contributed by atoms with Crippen LogP contribution < -0.4 is 0 Å². The highest BCUT2D eigenvalue weighted by atomic mass is 16.3. The van der Waals surface area contributed by atoms with Crippen LogP contribution in [-0.4, -0.2) is 35.1 Å². The molecule has 10 heavy (non-hydrogen) atoms. The summed E-state index contributed by atoms with van der Waals surface area (Å²) in [6, 6.07) is 0. The molecule has 0 spiro atoms. The Kier molecular flexibility index (Phi) is 1.94. The Morgan fingerprint density at radius 3 is 2.50 bits per heavy atom. The van der Waals surface area contributed by atoms with Crippen molar-refractivity contribution in [1.29, 1.82) is 0 Å². The van der Waals surface area contributed by atoms with E-state index in [2.05, 4.69) is 0 Å². The van der Waals surface area contributed by atoms with Gasteiger partial charge in [0.25, 0.3) is 0 Å². The molecule has 0 aliphatic carbocycles. The van der Waals surface area contributed by atoms with Gasteiger partial charge in [0, 0.05) is 25.9 Å². The van der Waals surface area contributed by atoms with Crippen molar-refractivity contribution in [2.45, 2.75) is 20.0 Å². The van der Waals surface area contributed by atoms with E-state index in [9.17, 15) is 4.79 Å². The van der Waals surface area contributed by atoms with Crippen molar-refractivity contribution in [3.8, 4) is 0 Å². The number of nitrogens with zero attached hydrogens (tertiary/aromatic N) is 1. The number of hydrogen-bond acceptors (Lipinski definition) is 2. The Morgan fingerprint density at radius 2 is 2.20 bits per heavy atom. The zero-order valence-electron chi connectivity index (χ0n) is 6.37. The molecule has 0 aromatic heterocycles. The van der Waals surface area contributed by atoms with Gasteiger partial charge in [0.15, 0.2) is 0 Å². The average molecular weight is 143 g/mol. The zero-order chi connectivity index (χ0) is 7.72. The summed E-state index contributed by atoms with van der Waals surface area (Å²) in [7, 11) is 0. The molecule has 1 fully saturated rings. The maximum atomic E-state index is 10.6. The Morgan fingerprint density at radius 1 is 1.70 bits per heavy atom. The van der Waals surface area contributed by atoms with Crippen LogP contribution in [0.3, 0.4) is 0 Å². The van der Waals surface area contributed by atoms with Crippen LogP contribution >= 0.6 is 0 Å². The number of rotatable bonds is 1. The SMILES string of the molecule is CC(=O)N1CC([C@H](C)O)C1. The average Bonchev–Trinajstić information content (AvgIpc) is 1.56. The molecule has 0 bridgehead atoms. The normalized spacial score (nSPS) is 22.1. The van der Waals surface area contributed by atoms with E-state index >= 15 is 0 Å². The predicted octanol–water partition coefficient (Wildman–Crippen LogP) is -0.155. The molecule has 3 heteroatoms. The van der Waals surface area contributed by atoms with Gasteiger partial charge in [-0.1, -0.05) is 0 Å². The van der Waals surface area contributed by atoms with Gasteiger partial charge >= 0.3 is 0 Å². The molecule has 3 nitrogen and oxygen atoms in total. The first-order chi connectivity index (χ1) is 4.61. The first kappa shape index (κ1) is 7.54. The maximum absolute atomic E-state index is 10.6. The second kappa shape index (κ2) is 2.58. The lowest BCUT2D eigenvalue weighted by Crippen LogP contribution is -2.52. The van der Waals surface area contributed by atoms with Gasteiger partial charge in [-0.05, 0) is 6.92 Å². The van der Waals surface area contributed by atoms with E-state index in [1.807, 2.05) is 0 Å². The number of amides is 1. The summed E-state index contributed by atoms with van der Waals surface area (Å²) < 4.78 is 0. The van der Waals surface area contributed by atoms with Crippen molar-refractivity contribution in [1.82, 2.24) is 4.90 Å². The number of carbonyl (C=O) groups excluding carboxylic acids is 1. The Hall–Kier alpha value is -0.570. The molecule has 1 amide bonds. The molecule has 0 aromatic carbocycles. The van der Waals surface area contributed by atoms with E-state index in [4.69, 9.17) is 5.11 Å². The standard InChI is InChI=1S/C7H13NO2/c1-5(9)7-3-8(4-7)6(2)10/h5,7,9H,3-4H2,1-2H3/t5-/m0/s1. The van der Waals surface area contributed by atoms with E-state index in [0.29, 0.717) is 5.92 Å². The van der Waals surface area contributed by atoms with Gasteiger partial charge in [-0.3, -0.25) is 4.79 Å². The van der Waals surface area contributed by atoms with Crippen molar-refractivity contribution >= 4 is 5.91 Å². The summed E-state index contributed by atoms with van der Waals surface area (Å²) in [5.41, 5.74) is 0. The molecule has 1 heterocycles. The minimum atomic E-state index is -0.268. The minimum absolute atomic E-state index is 0.108. The molecule has 1 aliphatic heterocycles. The van der Waals surface area contributed by atoms with Gasteiger partial charge < -0.3 is 10.0 Å². The van der Waals surface area contributed by atoms with E-state index in [0.717, 1.165) is 13.1 Å². The fourth-order valence-electron chi connectivity index (χ4n) is 1.07. The number of likely N-dealkylation sites (tertiary alicyclic amines) is 1. The number of carbonyl (C=O) groups is 1. The molecule has 58 valence electrons. The fraction of sp³-hybridized carbons (Fsp3) is 0.857. The summed E-state index contributed by atoms with van der Waals surface area (Å²) >= 11 is 0. The Balaban J connectivity index is 2.24. The lowest BCUT2D eigenvalue weighted by Gasteiger charge is -2.40. The summed E-state index contributed by atoms with van der Waals surface area (Å²) in [5.74, 6) is 0.417. The van der Waals surface area contributed by atoms with Crippen LogP contribution in [0.1, 0.15) is 13.8 Å². The van der Waals surface area contributed by atoms with Crippen molar-refractivity contribution in [3.63, 3.8) is 0 Å². The van der Waals surface area contributed by atoms with Crippen LogP contribution in [-0.2, 0) is 4.79 Å². The molecular formula is C7H13NO2. The molecule has 1 saturated heterocycles. The summed E-state index contributed by atoms with van der Waals surface area (Å²) in [6.45, 7) is 4.78. The summed E-state index contributed by atoms with van der Waals surface area (Å²) in [4.78, 5) is 12.4. The largest absolute Gasteiger partial charge is 0.393 e. The molecule has 0 saturated carbocycles. The van der Waals surface area contributed by atoms with Gasteiger partial charge in [-0.2, -0.15) is 0 Å². The summed E-state index contributed by atoms with van der Waals surface area (Å²) in [6.07, 6.45) is -0.268. The molecule has 1 atom stereocenters. The second-order valence-corrected chi connectivity index (χ2v) is 2.92. The van der Waals surface area contributed by atoms with Crippen molar-refractivity contribution in [2.75, 3.05) is 13.1 Å². The Labute approximate surface area is 60.6 Å². The van der Waals surface area contributed by atoms with Crippen LogP contribution in [0, 0.1) is 5.92 Å². The van der Waals surface area contributed by atoms with E-state index < -0.39 is 0 Å². The van der Waals surface area contributed by atoms with Crippen LogP contribution in [0.15, 0.2) is 0 Å². The third-order valence-electron chi connectivity index (χ3n) is 2.04. The van der Waals surface area contributed by atoms with Crippen LogP contribution in [0.25, 0.3) is 0 Å². The van der Waals surface area contributed by atoms with Gasteiger partial charge in [-0.15, -0.1) is 0 Å². The highest BCUT2D eigenvalue weighted by Crippen LogP contribution is 2.18. The lowest BCUT2D eigenvalue weighted by molar-refractivity contribution is -0.137. The van der Waals surface area contributed by atoms with Gasteiger partial charge in [0.1, 0.15) is 0 Å². The topological polar surface area (TPSA) is 40.5 Å². The fourth-order valence-corrected chi connectivity index (χ4v) is 1.07. The first-order valence-corrected chi connectivity index (χ1v) is 3.55. The first-order valence-electron chi connectivity index (χ1n) is 3.55. The quantitative estimate of drug-likeness (QED) is 0.554. The third kappa shape index (κ3) is 1.29. The van der Waals surface area contributed by atoms with Crippen LogP contribution in [0.5, 0.6) is 0 Å². The monoisotopic (exact) mass is 143 g/mol. The van der Waals surface area contributed by atoms with Crippen molar-refractivity contribution in [2.24, 2.45) is 5.92 Å². The van der Waals surface area contributed by atoms with Gasteiger partial charge in [-0.25, -0.2) is 0 Å². The number of aliphatic hydroxyl groups is 1. The number of aliphatic hydroxyl groups excluding tert-OH is 1. The molecule has 1 rings (SSSR count). The van der Waals surface area contributed by atoms with Crippen molar-refractivity contribution in [3.05, 3.63) is 0 Å². The molecule has 1 aliphatic rings. The van der Waals surface area contributed by atoms with E-state index in [1.165, 1.54) is 0 Å². The van der Waals surface area contributed by atoms with Gasteiger partial charge in [0.05, 0.1) is 6.10 Å². The molecular weight excluding hydrogens is 130 g/mol. The Bertz CT molecular complexity index is 139. The smallest absolute Gasteiger partial charge is 0.219 e. The van der Waals surface area contributed by atoms with Crippen molar-refractivity contribution < 1.29 is 9.90 Å². The van der Waals surface area contributed by atoms with Gasteiger partial charge in [0.2, 0.25) is 5.91 Å². The minimum Gasteiger partial charge on any atom is -0.393 e. The summed E-state index contributed by atoms with van der Waals surface area (Å²) in [5, 5.41) is 9.03. The lowest BCUT2D eigenvalue weighted by atomic mass is 9.95. The van der Waals surface area contributed by atoms with E-state index in [-0.39, 0.29) is 12.0 Å². The molecule has 0 unspecified atom stereocenters. The maximum Gasteiger partial charge on any atom is 0.219 e. The molecule has 1 N–H and O–H groups in total. The highest BCUT2D eigenvalue weighted by Gasteiger charge is 2.31. The zero-order valence-corrected chi connectivity index (χ0v) is 6.37. The second-order valence-electron chi connectivity index (χ2n) is 2.92. The van der Waals surface area contributed by atoms with Crippen LogP contribution in [0.4, 0.5) is 0 Å². The van der Waals surface area contributed by atoms with Crippen LogP contribution in [0.2, 0.25) is 0 Å². The molecule has 0 radical (unpaired) electrons. The molecule has 0 aromatic rings. The third-order valence-corrected chi connectivity index (χ3v) is 2.04. The van der Waals surface area contributed by atoms with E-state index in [1.54, 1.807) is 18.7 Å². The predicted molar refractivity (Wildman–Crippen MR) is 37.4 cm³/mol.